The Hall–Kier alpha value is -1.81. The van der Waals surface area contributed by atoms with E-state index in [1.165, 1.54) is 0 Å². The molecule has 0 saturated heterocycles. The zero-order chi connectivity index (χ0) is 13.1. The summed E-state index contributed by atoms with van der Waals surface area (Å²) in [6, 6.07) is 7.28. The Morgan fingerprint density at radius 1 is 1.44 bits per heavy atom. The van der Waals surface area contributed by atoms with Gasteiger partial charge in [-0.2, -0.15) is 0 Å². The quantitative estimate of drug-likeness (QED) is 0.843. The Labute approximate surface area is 106 Å². The van der Waals surface area contributed by atoms with Crippen LogP contribution in [0, 0.1) is 6.92 Å². The number of fused-ring (bicyclic) bond motifs is 1. The summed E-state index contributed by atoms with van der Waals surface area (Å²) in [5, 5.41) is 0.965. The smallest absolute Gasteiger partial charge is 0.307 e. The number of rotatable bonds is 4. The lowest BCUT2D eigenvalue weighted by molar-refractivity contribution is -0.143. The van der Waals surface area contributed by atoms with Crippen molar-refractivity contribution in [2.24, 2.45) is 5.73 Å². The number of hydrogen-bond donors (Lipinski definition) is 1. The predicted octanol–water partition coefficient (Wildman–Crippen LogP) is 2.69. The average Bonchev–Trinajstić information content (AvgIpc) is 2.64. The van der Waals surface area contributed by atoms with Crippen molar-refractivity contribution in [3.63, 3.8) is 0 Å². The van der Waals surface area contributed by atoms with Gasteiger partial charge in [-0.3, -0.25) is 4.79 Å². The van der Waals surface area contributed by atoms with E-state index < -0.39 is 6.04 Å². The van der Waals surface area contributed by atoms with E-state index in [1.807, 2.05) is 31.2 Å². The molecule has 0 saturated carbocycles. The minimum atomic E-state index is -0.396. The molecule has 4 nitrogen and oxygen atoms in total. The number of para-hydroxylation sites is 1. The Kier molecular flexibility index (Phi) is 3.67. The van der Waals surface area contributed by atoms with Gasteiger partial charge in [0.1, 0.15) is 11.3 Å². The Morgan fingerprint density at radius 2 is 2.17 bits per heavy atom. The third-order valence-corrected chi connectivity index (χ3v) is 2.88. The van der Waals surface area contributed by atoms with Gasteiger partial charge >= 0.3 is 5.97 Å². The van der Waals surface area contributed by atoms with Crippen molar-refractivity contribution in [1.82, 2.24) is 0 Å². The molecule has 1 aromatic carbocycles. The van der Waals surface area contributed by atoms with Crippen LogP contribution >= 0.6 is 0 Å². The van der Waals surface area contributed by atoms with Crippen molar-refractivity contribution >= 4 is 16.9 Å². The maximum Gasteiger partial charge on any atom is 0.307 e. The summed E-state index contributed by atoms with van der Waals surface area (Å²) in [7, 11) is 0. The van der Waals surface area contributed by atoms with E-state index in [-0.39, 0.29) is 12.4 Å². The van der Waals surface area contributed by atoms with Gasteiger partial charge in [0.2, 0.25) is 0 Å². The number of ether oxygens (including phenoxy) is 1. The van der Waals surface area contributed by atoms with Crippen molar-refractivity contribution in [2.75, 3.05) is 6.61 Å². The van der Waals surface area contributed by atoms with Crippen LogP contribution in [0.2, 0.25) is 0 Å². The van der Waals surface area contributed by atoms with Crippen molar-refractivity contribution < 1.29 is 13.9 Å². The van der Waals surface area contributed by atoms with E-state index in [4.69, 9.17) is 14.9 Å². The predicted molar refractivity (Wildman–Crippen MR) is 69.1 cm³/mol. The largest absolute Gasteiger partial charge is 0.466 e. The van der Waals surface area contributed by atoms with Gasteiger partial charge in [0.25, 0.3) is 0 Å². The minimum Gasteiger partial charge on any atom is -0.466 e. The van der Waals surface area contributed by atoms with Crippen LogP contribution in [0.5, 0.6) is 0 Å². The van der Waals surface area contributed by atoms with Crippen molar-refractivity contribution in [3.8, 4) is 0 Å². The molecule has 0 radical (unpaired) electrons. The number of furan rings is 1. The van der Waals surface area contributed by atoms with Gasteiger partial charge in [0.15, 0.2) is 0 Å². The second kappa shape index (κ2) is 5.23. The molecule has 18 heavy (non-hydrogen) atoms. The molecule has 2 aromatic rings. The number of nitrogens with two attached hydrogens (primary N) is 1. The van der Waals surface area contributed by atoms with E-state index in [9.17, 15) is 4.79 Å². The van der Waals surface area contributed by atoms with Crippen molar-refractivity contribution in [1.29, 1.82) is 0 Å². The van der Waals surface area contributed by atoms with E-state index in [0.717, 1.165) is 22.3 Å². The summed E-state index contributed by atoms with van der Waals surface area (Å²) in [5.74, 6) is 0.475. The number of hydrogen-bond acceptors (Lipinski definition) is 4. The number of benzene rings is 1. The monoisotopic (exact) mass is 247 g/mol. The standard InChI is InChI=1S/C14H17NO3/c1-3-17-13(16)8-11(15)14-9(2)18-12-7-5-4-6-10(12)14/h4-7,11H,3,8,15H2,1-2H3. The van der Waals surface area contributed by atoms with Crippen LogP contribution in [0.15, 0.2) is 28.7 Å². The van der Waals surface area contributed by atoms with Crippen LogP contribution in [0.3, 0.4) is 0 Å². The van der Waals surface area contributed by atoms with Crippen LogP contribution in [0.4, 0.5) is 0 Å². The zero-order valence-corrected chi connectivity index (χ0v) is 10.6. The zero-order valence-electron chi connectivity index (χ0n) is 10.6. The maximum atomic E-state index is 11.5. The lowest BCUT2D eigenvalue weighted by atomic mass is 10.0. The van der Waals surface area contributed by atoms with Gasteiger partial charge in [-0.15, -0.1) is 0 Å². The average molecular weight is 247 g/mol. The molecular weight excluding hydrogens is 230 g/mol. The maximum absolute atomic E-state index is 11.5. The van der Waals surface area contributed by atoms with Crippen LogP contribution in [-0.4, -0.2) is 12.6 Å². The fourth-order valence-electron chi connectivity index (χ4n) is 2.15. The molecule has 0 aliphatic heterocycles. The molecule has 2 rings (SSSR count). The normalized spacial score (nSPS) is 12.6. The molecule has 0 spiro atoms. The van der Waals surface area contributed by atoms with Gasteiger partial charge in [-0.25, -0.2) is 0 Å². The summed E-state index contributed by atoms with van der Waals surface area (Å²) in [6.45, 7) is 4.01. The van der Waals surface area contributed by atoms with Gasteiger partial charge in [0.05, 0.1) is 13.0 Å². The van der Waals surface area contributed by atoms with E-state index in [1.54, 1.807) is 6.92 Å². The Balaban J connectivity index is 2.29. The fraction of sp³-hybridized carbons (Fsp3) is 0.357. The molecule has 0 fully saturated rings. The first kappa shape index (κ1) is 12.6. The Morgan fingerprint density at radius 3 is 2.89 bits per heavy atom. The van der Waals surface area contributed by atoms with Crippen LogP contribution in [-0.2, 0) is 9.53 Å². The molecule has 1 atom stereocenters. The molecule has 0 bridgehead atoms. The molecule has 96 valence electrons. The van der Waals surface area contributed by atoms with Gasteiger partial charge in [-0.05, 0) is 19.9 Å². The van der Waals surface area contributed by atoms with Crippen LogP contribution < -0.4 is 5.73 Å². The molecule has 1 aromatic heterocycles. The molecule has 0 amide bonds. The highest BCUT2D eigenvalue weighted by Gasteiger charge is 2.20. The molecule has 0 aliphatic carbocycles. The first-order valence-electron chi connectivity index (χ1n) is 6.02. The molecular formula is C14H17NO3. The highest BCUT2D eigenvalue weighted by Crippen LogP contribution is 2.30. The first-order chi connectivity index (χ1) is 8.63. The molecule has 0 aliphatic rings. The second-order valence-corrected chi connectivity index (χ2v) is 4.18. The highest BCUT2D eigenvalue weighted by atomic mass is 16.5. The lowest BCUT2D eigenvalue weighted by Gasteiger charge is -2.10. The number of esters is 1. The summed E-state index contributed by atoms with van der Waals surface area (Å²) < 4.78 is 10.5. The summed E-state index contributed by atoms with van der Waals surface area (Å²) in [4.78, 5) is 11.5. The van der Waals surface area contributed by atoms with Gasteiger partial charge < -0.3 is 14.9 Å². The van der Waals surface area contributed by atoms with E-state index in [0.29, 0.717) is 6.61 Å². The first-order valence-corrected chi connectivity index (χ1v) is 6.02. The third-order valence-electron chi connectivity index (χ3n) is 2.88. The topological polar surface area (TPSA) is 65.5 Å². The molecule has 1 heterocycles. The summed E-state index contributed by atoms with van der Waals surface area (Å²) in [5.41, 5.74) is 7.76. The fourth-order valence-corrected chi connectivity index (χ4v) is 2.15. The lowest BCUT2D eigenvalue weighted by Crippen LogP contribution is -2.17. The summed E-state index contributed by atoms with van der Waals surface area (Å²) in [6.07, 6.45) is 0.165. The van der Waals surface area contributed by atoms with Gasteiger partial charge in [-0.1, -0.05) is 18.2 Å². The SMILES string of the molecule is CCOC(=O)CC(N)c1c(C)oc2ccccc12. The van der Waals surface area contributed by atoms with Crippen molar-refractivity contribution in [3.05, 3.63) is 35.6 Å². The second-order valence-electron chi connectivity index (χ2n) is 4.18. The highest BCUT2D eigenvalue weighted by molar-refractivity contribution is 5.83. The van der Waals surface area contributed by atoms with Crippen molar-refractivity contribution in [2.45, 2.75) is 26.3 Å². The van der Waals surface area contributed by atoms with Crippen LogP contribution in [0.25, 0.3) is 11.0 Å². The summed E-state index contributed by atoms with van der Waals surface area (Å²) >= 11 is 0. The van der Waals surface area contributed by atoms with E-state index in [2.05, 4.69) is 0 Å². The molecule has 4 heteroatoms. The van der Waals surface area contributed by atoms with Crippen LogP contribution in [0.1, 0.15) is 30.7 Å². The number of aryl methyl sites for hydroxylation is 1. The molecule has 1 unspecified atom stereocenters. The minimum absolute atomic E-state index is 0.165. The number of carbonyl (C=O) groups is 1. The van der Waals surface area contributed by atoms with E-state index >= 15 is 0 Å². The third kappa shape index (κ3) is 2.38. The molecule has 2 N–H and O–H groups in total. The Bertz CT molecular complexity index is 559. The number of carbonyl (C=O) groups excluding carboxylic acids is 1. The van der Waals surface area contributed by atoms with Gasteiger partial charge in [0, 0.05) is 17.0 Å².